The van der Waals surface area contributed by atoms with Gasteiger partial charge in [-0.2, -0.15) is 0 Å². The number of hydrogen-bond donors (Lipinski definition) is 0. The third kappa shape index (κ3) is 3.06. The molecule has 3 heterocycles. The number of anilines is 1. The maximum Gasteiger partial charge on any atom is 0.245 e. The van der Waals surface area contributed by atoms with Crippen LogP contribution in [0.4, 0.5) is 5.82 Å². The fraction of sp³-hybridized carbons (Fsp3) is 0.562. The van der Waals surface area contributed by atoms with Gasteiger partial charge in [0, 0.05) is 38.3 Å². The Bertz CT molecular complexity index is 517. The molecule has 112 valence electrons. The van der Waals surface area contributed by atoms with Gasteiger partial charge in [0.15, 0.2) is 0 Å². The summed E-state index contributed by atoms with van der Waals surface area (Å²) in [5.41, 5.74) is 0. The van der Waals surface area contributed by atoms with Crippen LogP contribution < -0.4 is 4.90 Å². The normalized spacial score (nSPS) is 19.8. The molecule has 0 saturated carbocycles. The molecule has 2 aliphatic heterocycles. The molecule has 0 aliphatic carbocycles. The van der Waals surface area contributed by atoms with Crippen molar-refractivity contribution in [2.75, 3.05) is 31.1 Å². The van der Waals surface area contributed by atoms with Crippen molar-refractivity contribution in [3.8, 4) is 0 Å². The summed E-state index contributed by atoms with van der Waals surface area (Å²) in [6.07, 6.45) is 7.64. The predicted molar refractivity (Wildman–Crippen MR) is 82.2 cm³/mol. The number of carbonyl (C=O) groups is 1. The molecule has 1 aromatic heterocycles. The van der Waals surface area contributed by atoms with Crippen LogP contribution in [0, 0.1) is 0 Å². The van der Waals surface area contributed by atoms with Gasteiger partial charge in [-0.3, -0.25) is 4.79 Å². The summed E-state index contributed by atoms with van der Waals surface area (Å²) in [5.74, 6) is 2.38. The van der Waals surface area contributed by atoms with Gasteiger partial charge in [-0.05, 0) is 37.8 Å². The Labute approximate surface area is 125 Å². The van der Waals surface area contributed by atoms with E-state index in [1.165, 1.54) is 18.9 Å². The minimum absolute atomic E-state index is 0.0279. The van der Waals surface area contributed by atoms with Gasteiger partial charge in [0.1, 0.15) is 11.6 Å². The first-order valence-electron chi connectivity index (χ1n) is 7.77. The first-order chi connectivity index (χ1) is 10.3. The van der Waals surface area contributed by atoms with Gasteiger partial charge >= 0.3 is 0 Å². The molecule has 2 saturated heterocycles. The van der Waals surface area contributed by atoms with E-state index in [1.807, 2.05) is 17.2 Å². The van der Waals surface area contributed by atoms with Crippen LogP contribution in [0.15, 0.2) is 24.9 Å². The van der Waals surface area contributed by atoms with E-state index in [4.69, 9.17) is 4.98 Å². The highest BCUT2D eigenvalue weighted by Crippen LogP contribution is 2.27. The summed E-state index contributed by atoms with van der Waals surface area (Å²) in [4.78, 5) is 25.0. The molecule has 0 unspecified atom stereocenters. The second kappa shape index (κ2) is 6.24. The molecule has 1 aromatic rings. The van der Waals surface area contributed by atoms with Crippen LogP contribution in [0.25, 0.3) is 0 Å². The van der Waals surface area contributed by atoms with Crippen molar-refractivity contribution in [3.63, 3.8) is 0 Å². The second-order valence-corrected chi connectivity index (χ2v) is 5.77. The maximum absolute atomic E-state index is 11.6. The smallest absolute Gasteiger partial charge is 0.245 e. The Kier molecular flexibility index (Phi) is 4.18. The molecule has 0 N–H and O–H groups in total. The van der Waals surface area contributed by atoms with Crippen molar-refractivity contribution in [3.05, 3.63) is 30.7 Å². The van der Waals surface area contributed by atoms with Crippen molar-refractivity contribution in [2.24, 2.45) is 0 Å². The topological polar surface area (TPSA) is 49.3 Å². The zero-order valence-corrected chi connectivity index (χ0v) is 12.4. The van der Waals surface area contributed by atoms with Crippen molar-refractivity contribution in [1.82, 2.24) is 14.9 Å². The Morgan fingerprint density at radius 3 is 2.62 bits per heavy atom. The average molecular weight is 286 g/mol. The number of piperidine rings is 1. The van der Waals surface area contributed by atoms with Crippen LogP contribution in [0.1, 0.15) is 37.4 Å². The fourth-order valence-electron chi connectivity index (χ4n) is 3.17. The minimum atomic E-state index is 0.0279. The van der Waals surface area contributed by atoms with E-state index in [2.05, 4.69) is 16.5 Å². The number of rotatable bonds is 3. The third-order valence-electron chi connectivity index (χ3n) is 4.44. The van der Waals surface area contributed by atoms with Crippen molar-refractivity contribution in [1.29, 1.82) is 0 Å². The fourth-order valence-corrected chi connectivity index (χ4v) is 3.17. The van der Waals surface area contributed by atoms with E-state index in [0.717, 1.165) is 50.7 Å². The maximum atomic E-state index is 11.6. The molecule has 1 amide bonds. The van der Waals surface area contributed by atoms with E-state index >= 15 is 0 Å². The molecule has 0 aromatic carbocycles. The second-order valence-electron chi connectivity index (χ2n) is 5.77. The van der Waals surface area contributed by atoms with Crippen molar-refractivity contribution < 1.29 is 4.79 Å². The highest BCUT2D eigenvalue weighted by atomic mass is 16.2. The minimum Gasteiger partial charge on any atom is -0.357 e. The largest absolute Gasteiger partial charge is 0.357 e. The molecule has 5 nitrogen and oxygen atoms in total. The van der Waals surface area contributed by atoms with E-state index < -0.39 is 0 Å². The lowest BCUT2D eigenvalue weighted by molar-refractivity contribution is -0.127. The van der Waals surface area contributed by atoms with Crippen molar-refractivity contribution in [2.45, 2.75) is 31.6 Å². The Morgan fingerprint density at radius 1 is 1.24 bits per heavy atom. The molecule has 0 spiro atoms. The van der Waals surface area contributed by atoms with Gasteiger partial charge in [-0.25, -0.2) is 9.97 Å². The van der Waals surface area contributed by atoms with Gasteiger partial charge < -0.3 is 9.80 Å². The first-order valence-corrected chi connectivity index (χ1v) is 7.77. The molecule has 3 rings (SSSR count). The number of aromatic nitrogens is 2. The van der Waals surface area contributed by atoms with Crippen LogP contribution >= 0.6 is 0 Å². The van der Waals surface area contributed by atoms with Crippen LogP contribution in [0.2, 0.25) is 0 Å². The number of hydrogen-bond acceptors (Lipinski definition) is 4. The summed E-state index contributed by atoms with van der Waals surface area (Å²) in [5, 5.41) is 0. The van der Waals surface area contributed by atoms with Crippen LogP contribution in [-0.2, 0) is 4.79 Å². The molecular formula is C16H22N4O. The van der Waals surface area contributed by atoms with Gasteiger partial charge in [0.2, 0.25) is 5.91 Å². The number of nitrogens with zero attached hydrogens (tertiary/aromatic N) is 4. The molecular weight excluding hydrogens is 264 g/mol. The lowest BCUT2D eigenvalue weighted by atomic mass is 9.96. The van der Waals surface area contributed by atoms with E-state index in [-0.39, 0.29) is 5.91 Å². The van der Waals surface area contributed by atoms with Crippen LogP contribution in [0.5, 0.6) is 0 Å². The molecule has 2 aliphatic rings. The van der Waals surface area contributed by atoms with Gasteiger partial charge in [-0.15, -0.1) is 0 Å². The third-order valence-corrected chi connectivity index (χ3v) is 4.44. The van der Waals surface area contributed by atoms with Gasteiger partial charge in [-0.1, -0.05) is 6.58 Å². The highest BCUT2D eigenvalue weighted by Gasteiger charge is 2.25. The molecule has 21 heavy (non-hydrogen) atoms. The van der Waals surface area contributed by atoms with Crippen LogP contribution in [-0.4, -0.2) is 47.0 Å². The zero-order valence-electron chi connectivity index (χ0n) is 12.4. The summed E-state index contributed by atoms with van der Waals surface area (Å²) in [7, 11) is 0. The predicted octanol–water partition coefficient (Wildman–Crippen LogP) is 1.97. The van der Waals surface area contributed by atoms with Crippen LogP contribution in [0.3, 0.4) is 0 Å². The lowest BCUT2D eigenvalue weighted by Crippen LogP contribution is -2.37. The van der Waals surface area contributed by atoms with E-state index in [0.29, 0.717) is 5.92 Å². The summed E-state index contributed by atoms with van der Waals surface area (Å²) in [6, 6.07) is 2.01. The van der Waals surface area contributed by atoms with E-state index in [9.17, 15) is 4.79 Å². The summed E-state index contributed by atoms with van der Waals surface area (Å²) < 4.78 is 0. The lowest BCUT2D eigenvalue weighted by Gasteiger charge is -2.30. The SMILES string of the molecule is C=CC(=O)N1CCC(c2nccc(N3CCCC3)n2)CC1. The Morgan fingerprint density at radius 2 is 1.95 bits per heavy atom. The molecule has 0 atom stereocenters. The summed E-state index contributed by atoms with van der Waals surface area (Å²) in [6.45, 7) is 7.29. The standard InChI is InChI=1S/C16H22N4O/c1-2-15(21)20-11-6-13(7-12-20)16-17-8-5-14(18-16)19-9-3-4-10-19/h2,5,8,13H,1,3-4,6-7,9-12H2. The quantitative estimate of drug-likeness (QED) is 0.797. The average Bonchev–Trinajstić information content (AvgIpc) is 3.09. The summed E-state index contributed by atoms with van der Waals surface area (Å²) >= 11 is 0. The Hall–Kier alpha value is -1.91. The Balaban J connectivity index is 1.66. The highest BCUT2D eigenvalue weighted by molar-refractivity contribution is 5.87. The number of carbonyl (C=O) groups excluding carboxylic acids is 1. The number of amides is 1. The zero-order chi connectivity index (χ0) is 14.7. The molecule has 5 heteroatoms. The molecule has 0 bridgehead atoms. The van der Waals surface area contributed by atoms with E-state index in [1.54, 1.807) is 0 Å². The first kappa shape index (κ1) is 14.0. The van der Waals surface area contributed by atoms with Gasteiger partial charge in [0.05, 0.1) is 0 Å². The van der Waals surface area contributed by atoms with Crippen molar-refractivity contribution >= 4 is 11.7 Å². The van der Waals surface area contributed by atoms with Gasteiger partial charge in [0.25, 0.3) is 0 Å². The molecule has 2 fully saturated rings. The monoisotopic (exact) mass is 286 g/mol. The number of likely N-dealkylation sites (tertiary alicyclic amines) is 1. The molecule has 0 radical (unpaired) electrons.